The van der Waals surface area contributed by atoms with E-state index in [0.717, 1.165) is 5.66 Å². The first-order chi connectivity index (χ1) is 16.1. The summed E-state index contributed by atoms with van der Waals surface area (Å²) in [6.07, 6.45) is 11.0. The SMILES string of the molecule is CCCCC1(C)CC[C@@H](P2Cc3ccc4ccccc4c3-c3c(ccc4ccccc34)C2)C1. The molecule has 0 saturated heterocycles. The van der Waals surface area contributed by atoms with Gasteiger partial charge in [0.2, 0.25) is 0 Å². The van der Waals surface area contributed by atoms with Crippen LogP contribution < -0.4 is 0 Å². The number of hydrogen-bond donors (Lipinski definition) is 0. The molecule has 2 atom stereocenters. The molecule has 1 aliphatic heterocycles. The van der Waals surface area contributed by atoms with E-state index in [2.05, 4.69) is 86.6 Å². The number of rotatable bonds is 4. The molecule has 0 spiro atoms. The molecule has 1 heteroatoms. The molecule has 1 fully saturated rings. The molecule has 0 nitrogen and oxygen atoms in total. The second-order valence-corrected chi connectivity index (χ2v) is 13.4. The van der Waals surface area contributed by atoms with Crippen molar-refractivity contribution < 1.29 is 0 Å². The van der Waals surface area contributed by atoms with E-state index in [1.807, 2.05) is 0 Å². The summed E-state index contributed by atoms with van der Waals surface area (Å²) >= 11 is 0. The van der Waals surface area contributed by atoms with Crippen LogP contribution in [0.2, 0.25) is 0 Å². The van der Waals surface area contributed by atoms with Crippen LogP contribution in [0.25, 0.3) is 32.7 Å². The minimum atomic E-state index is -0.0569. The smallest absolute Gasteiger partial charge is 0.00606 e. The quantitative estimate of drug-likeness (QED) is 0.271. The maximum absolute atomic E-state index is 2.58. The van der Waals surface area contributed by atoms with Crippen molar-refractivity contribution in [3.05, 3.63) is 83.9 Å². The topological polar surface area (TPSA) is 0 Å². The maximum atomic E-state index is 2.58. The molecule has 1 heterocycles. The van der Waals surface area contributed by atoms with E-state index in [1.165, 1.54) is 83.5 Å². The Balaban J connectivity index is 1.50. The first-order valence-corrected chi connectivity index (χ1v) is 14.7. The lowest BCUT2D eigenvalue weighted by Gasteiger charge is -2.28. The highest BCUT2D eigenvalue weighted by Gasteiger charge is 2.39. The van der Waals surface area contributed by atoms with E-state index < -0.39 is 0 Å². The zero-order valence-corrected chi connectivity index (χ0v) is 21.0. The second-order valence-electron chi connectivity index (χ2n) is 10.9. The summed E-state index contributed by atoms with van der Waals surface area (Å²) in [6, 6.07) is 27.7. The zero-order chi connectivity index (χ0) is 22.4. The normalized spacial score (nSPS) is 22.9. The van der Waals surface area contributed by atoms with Crippen LogP contribution in [0.1, 0.15) is 63.5 Å². The predicted molar refractivity (Wildman–Crippen MR) is 146 cm³/mol. The molecule has 168 valence electrons. The Morgan fingerprint density at radius 1 is 0.788 bits per heavy atom. The van der Waals surface area contributed by atoms with Gasteiger partial charge in [-0.25, -0.2) is 0 Å². The Hall–Kier alpha value is -2.17. The van der Waals surface area contributed by atoms with E-state index >= 15 is 0 Å². The lowest BCUT2D eigenvalue weighted by atomic mass is 9.83. The van der Waals surface area contributed by atoms with Crippen molar-refractivity contribution in [1.29, 1.82) is 0 Å². The summed E-state index contributed by atoms with van der Waals surface area (Å²) in [5.41, 5.74) is 7.73. The fourth-order valence-electron chi connectivity index (χ4n) is 6.67. The molecule has 0 N–H and O–H groups in total. The summed E-state index contributed by atoms with van der Waals surface area (Å²) < 4.78 is 0. The third-order valence-corrected chi connectivity index (χ3v) is 11.5. The predicted octanol–water partition coefficient (Wildman–Crippen LogP) is 9.90. The molecule has 0 aromatic heterocycles. The van der Waals surface area contributed by atoms with Gasteiger partial charge in [-0.3, -0.25) is 0 Å². The van der Waals surface area contributed by atoms with E-state index in [9.17, 15) is 0 Å². The average molecular weight is 451 g/mol. The van der Waals surface area contributed by atoms with Crippen LogP contribution in [0.15, 0.2) is 72.8 Å². The number of unbranched alkanes of at least 4 members (excludes halogenated alkanes) is 1. The molecule has 0 amide bonds. The van der Waals surface area contributed by atoms with Crippen LogP contribution in [0.3, 0.4) is 0 Å². The van der Waals surface area contributed by atoms with Gasteiger partial charge < -0.3 is 0 Å². The van der Waals surface area contributed by atoms with Crippen LogP contribution in [-0.4, -0.2) is 5.66 Å². The summed E-state index contributed by atoms with van der Waals surface area (Å²) in [4.78, 5) is 0. The van der Waals surface area contributed by atoms with Gasteiger partial charge in [-0.05, 0) is 92.9 Å². The molecule has 0 radical (unpaired) electrons. The number of benzene rings is 4. The standard InChI is InChI=1S/C32H35P/c1-3-4-18-32(2)19-17-27(20-32)33-21-25-15-13-23-9-5-7-11-28(23)30(25)31-26(22-33)16-14-24-10-6-8-12-29(24)31/h5-16,27H,3-4,17-22H2,1-2H3/t27-,32?/m1/s1. The first kappa shape index (κ1) is 21.4. The Kier molecular flexibility index (Phi) is 5.54. The molecule has 4 aromatic rings. The summed E-state index contributed by atoms with van der Waals surface area (Å²) in [6.45, 7) is 4.92. The minimum absolute atomic E-state index is 0.0569. The molecule has 0 bridgehead atoms. The molecule has 33 heavy (non-hydrogen) atoms. The van der Waals surface area contributed by atoms with Crippen LogP contribution in [0.5, 0.6) is 0 Å². The molecule has 1 aliphatic carbocycles. The van der Waals surface area contributed by atoms with Crippen LogP contribution in [0, 0.1) is 5.41 Å². The van der Waals surface area contributed by atoms with Crippen LogP contribution in [-0.2, 0) is 12.3 Å². The van der Waals surface area contributed by atoms with Gasteiger partial charge in [0.15, 0.2) is 0 Å². The second kappa shape index (κ2) is 8.56. The van der Waals surface area contributed by atoms with Gasteiger partial charge in [-0.1, -0.05) is 107 Å². The fraction of sp³-hybridized carbons (Fsp3) is 0.375. The average Bonchev–Trinajstić information content (AvgIpc) is 3.15. The van der Waals surface area contributed by atoms with E-state index in [-0.39, 0.29) is 7.92 Å². The number of fused-ring (bicyclic) bond motifs is 7. The molecular weight excluding hydrogens is 415 g/mol. The Morgan fingerprint density at radius 2 is 1.36 bits per heavy atom. The fourth-order valence-corrected chi connectivity index (χ4v) is 9.89. The zero-order valence-electron chi connectivity index (χ0n) is 20.1. The molecule has 1 unspecified atom stereocenters. The van der Waals surface area contributed by atoms with Gasteiger partial charge >= 0.3 is 0 Å². The maximum Gasteiger partial charge on any atom is -0.00606 e. The highest BCUT2D eigenvalue weighted by atomic mass is 31.1. The van der Waals surface area contributed by atoms with Crippen molar-refractivity contribution in [3.8, 4) is 11.1 Å². The summed E-state index contributed by atoms with van der Waals surface area (Å²) in [5.74, 6) is 0. The van der Waals surface area contributed by atoms with Crippen molar-refractivity contribution >= 4 is 29.5 Å². The Bertz CT molecular complexity index is 1230. The monoisotopic (exact) mass is 450 g/mol. The van der Waals surface area contributed by atoms with Crippen molar-refractivity contribution in [2.75, 3.05) is 0 Å². The lowest BCUT2D eigenvalue weighted by Crippen LogP contribution is -2.13. The van der Waals surface area contributed by atoms with Gasteiger partial charge in [0.1, 0.15) is 0 Å². The number of hydrogen-bond acceptors (Lipinski definition) is 0. The van der Waals surface area contributed by atoms with Crippen molar-refractivity contribution in [3.63, 3.8) is 0 Å². The highest BCUT2D eigenvalue weighted by molar-refractivity contribution is 7.56. The van der Waals surface area contributed by atoms with E-state index in [1.54, 1.807) is 11.1 Å². The molecule has 2 aliphatic rings. The lowest BCUT2D eigenvalue weighted by molar-refractivity contribution is 0.299. The third-order valence-electron chi connectivity index (χ3n) is 8.49. The van der Waals surface area contributed by atoms with Crippen molar-refractivity contribution in [1.82, 2.24) is 0 Å². The minimum Gasteiger partial charge on any atom is -0.0945 e. The third kappa shape index (κ3) is 3.81. The Morgan fingerprint density at radius 3 is 1.94 bits per heavy atom. The first-order valence-electron chi connectivity index (χ1n) is 12.9. The largest absolute Gasteiger partial charge is 0.0945 e. The molecular formula is C32H35P. The molecule has 6 rings (SSSR count). The van der Waals surface area contributed by atoms with Crippen molar-refractivity contribution in [2.24, 2.45) is 5.41 Å². The van der Waals surface area contributed by atoms with Gasteiger partial charge in [0, 0.05) is 0 Å². The highest BCUT2D eigenvalue weighted by Crippen LogP contribution is 2.61. The van der Waals surface area contributed by atoms with Crippen LogP contribution >= 0.6 is 7.92 Å². The van der Waals surface area contributed by atoms with Crippen molar-refractivity contribution in [2.45, 2.75) is 70.4 Å². The summed E-state index contributed by atoms with van der Waals surface area (Å²) in [5, 5.41) is 5.61. The van der Waals surface area contributed by atoms with Gasteiger partial charge in [-0.2, -0.15) is 0 Å². The van der Waals surface area contributed by atoms with Gasteiger partial charge in [-0.15, -0.1) is 0 Å². The van der Waals surface area contributed by atoms with Gasteiger partial charge in [0.05, 0.1) is 0 Å². The van der Waals surface area contributed by atoms with Gasteiger partial charge in [0.25, 0.3) is 0 Å². The van der Waals surface area contributed by atoms with E-state index in [0.29, 0.717) is 5.41 Å². The Labute approximate surface area is 200 Å². The summed E-state index contributed by atoms with van der Waals surface area (Å²) in [7, 11) is -0.0569. The molecule has 1 saturated carbocycles. The van der Waals surface area contributed by atoms with Crippen LogP contribution in [0.4, 0.5) is 0 Å². The molecule has 4 aromatic carbocycles. The van der Waals surface area contributed by atoms with E-state index in [4.69, 9.17) is 0 Å².